The molecule has 7 nitrogen and oxygen atoms in total. The Kier molecular flexibility index (Phi) is 4.99. The highest BCUT2D eigenvalue weighted by Gasteiger charge is 2.33. The van der Waals surface area contributed by atoms with Crippen LogP contribution in [0.5, 0.6) is 5.75 Å². The van der Waals surface area contributed by atoms with Gasteiger partial charge in [0, 0.05) is 37.8 Å². The fourth-order valence-corrected chi connectivity index (χ4v) is 3.10. The quantitative estimate of drug-likeness (QED) is 0.763. The maximum Gasteiger partial charge on any atom is 0.242 e. The van der Waals surface area contributed by atoms with E-state index in [4.69, 9.17) is 16.3 Å². The summed E-state index contributed by atoms with van der Waals surface area (Å²) in [5, 5.41) is 0.425. The van der Waals surface area contributed by atoms with E-state index in [1.165, 1.54) is 6.20 Å². The van der Waals surface area contributed by atoms with E-state index in [1.807, 2.05) is 0 Å². The van der Waals surface area contributed by atoms with Crippen LogP contribution in [0, 0.1) is 0 Å². The van der Waals surface area contributed by atoms with Crippen molar-refractivity contribution < 1.29 is 19.1 Å². The van der Waals surface area contributed by atoms with E-state index in [1.54, 1.807) is 17.2 Å². The summed E-state index contributed by atoms with van der Waals surface area (Å²) in [7, 11) is 0. The first kappa shape index (κ1) is 16.7. The molecule has 3 heterocycles. The molecule has 8 heteroatoms. The molecule has 2 saturated heterocycles. The van der Waals surface area contributed by atoms with Crippen molar-refractivity contribution in [1.29, 1.82) is 0 Å². The zero-order valence-corrected chi connectivity index (χ0v) is 13.9. The van der Waals surface area contributed by atoms with Gasteiger partial charge in [0.15, 0.2) is 0 Å². The van der Waals surface area contributed by atoms with Crippen LogP contribution >= 0.6 is 11.6 Å². The van der Waals surface area contributed by atoms with Crippen LogP contribution in [0.2, 0.25) is 5.02 Å². The third-order valence-corrected chi connectivity index (χ3v) is 4.49. The van der Waals surface area contributed by atoms with Crippen molar-refractivity contribution in [3.63, 3.8) is 0 Å². The highest BCUT2D eigenvalue weighted by atomic mass is 35.5. The number of aromatic nitrogens is 1. The normalized spacial score (nSPS) is 21.3. The maximum atomic E-state index is 12.4. The van der Waals surface area contributed by atoms with Crippen LogP contribution in [0.4, 0.5) is 0 Å². The minimum absolute atomic E-state index is 0.174. The summed E-state index contributed by atoms with van der Waals surface area (Å²) in [5.41, 5.74) is 0. The number of piperidine rings is 1. The van der Waals surface area contributed by atoms with Crippen LogP contribution in [-0.2, 0) is 14.4 Å². The lowest BCUT2D eigenvalue weighted by Gasteiger charge is -2.33. The molecule has 0 aromatic carbocycles. The molecule has 0 spiro atoms. The fraction of sp³-hybridized carbons (Fsp3) is 0.500. The smallest absolute Gasteiger partial charge is 0.242 e. The van der Waals surface area contributed by atoms with Gasteiger partial charge in [-0.3, -0.25) is 24.3 Å². The zero-order valence-electron chi connectivity index (χ0n) is 13.1. The number of likely N-dealkylation sites (tertiary alicyclic amines) is 2. The Labute approximate surface area is 144 Å². The minimum Gasteiger partial charge on any atom is -0.487 e. The number of ether oxygens (including phenoxy) is 1. The molecule has 2 aliphatic heterocycles. The molecule has 1 atom stereocenters. The van der Waals surface area contributed by atoms with Gasteiger partial charge >= 0.3 is 0 Å². The van der Waals surface area contributed by atoms with Gasteiger partial charge in [0.1, 0.15) is 23.4 Å². The molecule has 0 radical (unpaired) electrons. The molecule has 3 rings (SSSR count). The number of hydrogen-bond donors (Lipinski definition) is 0. The molecule has 3 amide bonds. The van der Waals surface area contributed by atoms with Crippen LogP contribution in [0.3, 0.4) is 0 Å². The van der Waals surface area contributed by atoms with E-state index in [2.05, 4.69) is 4.98 Å². The highest BCUT2D eigenvalue weighted by Crippen LogP contribution is 2.25. The lowest BCUT2D eigenvalue weighted by atomic mass is 10.1. The monoisotopic (exact) mass is 351 g/mol. The summed E-state index contributed by atoms with van der Waals surface area (Å²) in [6.45, 7) is 0.826. The molecule has 2 fully saturated rings. The Hall–Kier alpha value is -2.15. The lowest BCUT2D eigenvalue weighted by molar-refractivity contribution is -0.146. The lowest BCUT2D eigenvalue weighted by Crippen LogP contribution is -2.48. The van der Waals surface area contributed by atoms with Crippen molar-refractivity contribution in [3.8, 4) is 5.75 Å². The van der Waals surface area contributed by atoms with E-state index >= 15 is 0 Å². The van der Waals surface area contributed by atoms with Gasteiger partial charge in [-0.05, 0) is 12.8 Å². The first-order valence-electron chi connectivity index (χ1n) is 7.91. The molecule has 1 unspecified atom stereocenters. The molecule has 1 aromatic rings. The average Bonchev–Trinajstić information content (AvgIpc) is 2.89. The van der Waals surface area contributed by atoms with E-state index < -0.39 is 0 Å². The second-order valence-electron chi connectivity index (χ2n) is 5.90. The molecule has 1 aromatic heterocycles. The molecule has 128 valence electrons. The van der Waals surface area contributed by atoms with E-state index in [9.17, 15) is 14.4 Å². The number of hydrogen-bond acceptors (Lipinski definition) is 5. The van der Waals surface area contributed by atoms with Gasteiger partial charge in [-0.1, -0.05) is 11.6 Å². The molecule has 0 bridgehead atoms. The van der Waals surface area contributed by atoms with Crippen LogP contribution in [0.15, 0.2) is 18.5 Å². The summed E-state index contributed by atoms with van der Waals surface area (Å²) in [6, 6.07) is 1.69. The highest BCUT2D eigenvalue weighted by molar-refractivity contribution is 6.31. The van der Waals surface area contributed by atoms with Gasteiger partial charge in [0.25, 0.3) is 0 Å². The van der Waals surface area contributed by atoms with Crippen molar-refractivity contribution in [3.05, 3.63) is 23.5 Å². The van der Waals surface area contributed by atoms with Gasteiger partial charge in [-0.2, -0.15) is 0 Å². The number of rotatable bonds is 4. The number of pyridine rings is 1. The van der Waals surface area contributed by atoms with E-state index in [0.29, 0.717) is 23.9 Å². The number of halogens is 1. The molecular weight excluding hydrogens is 334 g/mol. The third kappa shape index (κ3) is 3.67. The second-order valence-corrected chi connectivity index (χ2v) is 6.31. The predicted octanol–water partition coefficient (Wildman–Crippen LogP) is 1.25. The Morgan fingerprint density at radius 3 is 2.79 bits per heavy atom. The Morgan fingerprint density at radius 2 is 2.08 bits per heavy atom. The number of amides is 3. The summed E-state index contributed by atoms with van der Waals surface area (Å²) >= 11 is 6.04. The van der Waals surface area contributed by atoms with Crippen LogP contribution in [0.1, 0.15) is 25.7 Å². The number of imide groups is 1. The van der Waals surface area contributed by atoms with Crippen molar-refractivity contribution in [2.24, 2.45) is 0 Å². The molecule has 0 saturated carbocycles. The molecule has 24 heavy (non-hydrogen) atoms. The molecular formula is C16H18ClN3O4. The van der Waals surface area contributed by atoms with Crippen molar-refractivity contribution in [2.45, 2.75) is 31.8 Å². The first-order chi connectivity index (χ1) is 11.5. The summed E-state index contributed by atoms with van der Waals surface area (Å²) in [4.78, 5) is 42.3. The summed E-state index contributed by atoms with van der Waals surface area (Å²) in [5.74, 6) is -0.243. The number of nitrogens with zero attached hydrogens (tertiary/aromatic N) is 3. The SMILES string of the molecule is O=C(CN1C(=O)CCC1=O)N1CCCC(Oc2ccncc2Cl)C1. The third-order valence-electron chi connectivity index (χ3n) is 4.21. The topological polar surface area (TPSA) is 79.8 Å². The molecule has 0 N–H and O–H groups in total. The average molecular weight is 352 g/mol. The van der Waals surface area contributed by atoms with E-state index in [0.717, 1.165) is 17.7 Å². The van der Waals surface area contributed by atoms with Gasteiger partial charge in [0.2, 0.25) is 17.7 Å². The minimum atomic E-state index is -0.276. The second kappa shape index (κ2) is 7.17. The maximum absolute atomic E-state index is 12.4. The number of carbonyl (C=O) groups excluding carboxylic acids is 3. The fourth-order valence-electron chi connectivity index (χ4n) is 2.93. The molecule has 0 aliphatic carbocycles. The van der Waals surface area contributed by atoms with Gasteiger partial charge in [-0.15, -0.1) is 0 Å². The Bertz CT molecular complexity index is 650. The Balaban J connectivity index is 1.59. The van der Waals surface area contributed by atoms with Gasteiger partial charge in [-0.25, -0.2) is 0 Å². The Morgan fingerprint density at radius 1 is 1.33 bits per heavy atom. The van der Waals surface area contributed by atoms with Crippen molar-refractivity contribution in [2.75, 3.05) is 19.6 Å². The number of carbonyl (C=O) groups is 3. The van der Waals surface area contributed by atoms with Gasteiger partial charge < -0.3 is 9.64 Å². The summed E-state index contributed by atoms with van der Waals surface area (Å²) in [6.07, 6.45) is 4.92. The first-order valence-corrected chi connectivity index (χ1v) is 8.29. The van der Waals surface area contributed by atoms with Crippen LogP contribution in [0.25, 0.3) is 0 Å². The summed E-state index contributed by atoms with van der Waals surface area (Å²) < 4.78 is 5.87. The zero-order chi connectivity index (χ0) is 17.1. The van der Waals surface area contributed by atoms with Crippen LogP contribution in [-0.4, -0.2) is 58.2 Å². The predicted molar refractivity (Wildman–Crippen MR) is 85.4 cm³/mol. The van der Waals surface area contributed by atoms with Crippen molar-refractivity contribution in [1.82, 2.24) is 14.8 Å². The van der Waals surface area contributed by atoms with Crippen molar-refractivity contribution >= 4 is 29.3 Å². The standard InChI is InChI=1S/C16H18ClN3O4/c17-12-8-18-6-5-13(12)24-11-2-1-7-19(9-11)16(23)10-20-14(21)3-4-15(20)22/h5-6,8,11H,1-4,7,9-10H2. The van der Waals surface area contributed by atoms with E-state index in [-0.39, 0.29) is 43.2 Å². The largest absolute Gasteiger partial charge is 0.487 e. The molecule has 2 aliphatic rings. The van der Waals surface area contributed by atoms with Gasteiger partial charge in [0.05, 0.1) is 6.54 Å². The van der Waals surface area contributed by atoms with Crippen LogP contribution < -0.4 is 4.74 Å².